The van der Waals surface area contributed by atoms with Gasteiger partial charge in [0.1, 0.15) is 22.2 Å². The normalized spacial score (nSPS) is 12.0. The molecule has 0 saturated carbocycles. The molecule has 0 aliphatic heterocycles. The summed E-state index contributed by atoms with van der Waals surface area (Å²) >= 11 is 3.24. The van der Waals surface area contributed by atoms with E-state index in [9.17, 15) is 26.0 Å². The Hall–Kier alpha value is -2.20. The summed E-state index contributed by atoms with van der Waals surface area (Å²) in [5.41, 5.74) is -0.328. The molecule has 2 aromatic carbocycles. The van der Waals surface area contributed by atoms with E-state index in [4.69, 9.17) is 4.52 Å². The zero-order valence-electron chi connectivity index (χ0n) is 13.5. The standard InChI is InChI=1S/C17H10BrF4NO3S/c1-27(24,25)16-11(19)6-9(7-12(16)20)13-14(23-26-15(13)17(21)22)8-3-2-4-10(18)5-8/h2-7,17H,1H3. The van der Waals surface area contributed by atoms with Gasteiger partial charge in [-0.05, 0) is 29.8 Å². The van der Waals surface area contributed by atoms with Gasteiger partial charge in [0.05, 0.1) is 5.56 Å². The minimum Gasteiger partial charge on any atom is -0.354 e. The van der Waals surface area contributed by atoms with E-state index < -0.39 is 38.6 Å². The van der Waals surface area contributed by atoms with Crippen LogP contribution in [0.15, 0.2) is 50.3 Å². The minimum absolute atomic E-state index is 0.0579. The van der Waals surface area contributed by atoms with Crippen LogP contribution in [0.4, 0.5) is 17.6 Å². The van der Waals surface area contributed by atoms with Gasteiger partial charge in [0.15, 0.2) is 9.84 Å². The molecule has 0 amide bonds. The number of aromatic nitrogens is 1. The summed E-state index contributed by atoms with van der Waals surface area (Å²) in [6, 6.07) is 7.76. The van der Waals surface area contributed by atoms with E-state index in [-0.39, 0.29) is 16.8 Å². The highest BCUT2D eigenvalue weighted by Crippen LogP contribution is 2.40. The molecule has 1 heterocycles. The lowest BCUT2D eigenvalue weighted by Crippen LogP contribution is -2.05. The molecule has 0 bridgehead atoms. The second-order valence-electron chi connectivity index (χ2n) is 5.62. The summed E-state index contributed by atoms with van der Waals surface area (Å²) in [6.45, 7) is 0. The molecular formula is C17H10BrF4NO3S. The van der Waals surface area contributed by atoms with Crippen molar-refractivity contribution in [2.24, 2.45) is 0 Å². The SMILES string of the molecule is CS(=O)(=O)c1c(F)cc(-c2c(-c3cccc(Br)c3)noc2C(F)F)cc1F. The van der Waals surface area contributed by atoms with E-state index >= 15 is 0 Å². The summed E-state index contributed by atoms with van der Waals surface area (Å²) < 4.78 is 83.7. The number of sulfone groups is 1. The largest absolute Gasteiger partial charge is 0.354 e. The minimum atomic E-state index is -4.19. The van der Waals surface area contributed by atoms with Gasteiger partial charge in [-0.25, -0.2) is 26.0 Å². The van der Waals surface area contributed by atoms with Gasteiger partial charge >= 0.3 is 0 Å². The van der Waals surface area contributed by atoms with Crippen molar-refractivity contribution in [2.75, 3.05) is 6.26 Å². The van der Waals surface area contributed by atoms with Gasteiger partial charge in [-0.15, -0.1) is 0 Å². The molecule has 0 N–H and O–H groups in total. The van der Waals surface area contributed by atoms with Crippen LogP contribution < -0.4 is 0 Å². The molecule has 0 unspecified atom stereocenters. The first-order valence-corrected chi connectivity index (χ1v) is 10.0. The van der Waals surface area contributed by atoms with Crippen molar-refractivity contribution in [1.82, 2.24) is 5.16 Å². The quantitative estimate of drug-likeness (QED) is 0.486. The molecule has 0 radical (unpaired) electrons. The maximum atomic E-state index is 14.3. The summed E-state index contributed by atoms with van der Waals surface area (Å²) in [4.78, 5) is -1.13. The second-order valence-corrected chi connectivity index (χ2v) is 8.49. The van der Waals surface area contributed by atoms with Crippen LogP contribution in [0.2, 0.25) is 0 Å². The van der Waals surface area contributed by atoms with E-state index in [1.807, 2.05) is 0 Å². The van der Waals surface area contributed by atoms with Crippen LogP contribution in [0.25, 0.3) is 22.4 Å². The van der Waals surface area contributed by atoms with Gasteiger partial charge in [-0.3, -0.25) is 0 Å². The van der Waals surface area contributed by atoms with Crippen molar-refractivity contribution in [3.05, 3.63) is 58.3 Å². The highest BCUT2D eigenvalue weighted by atomic mass is 79.9. The summed E-state index contributed by atoms with van der Waals surface area (Å²) in [5.74, 6) is -3.67. The fourth-order valence-corrected chi connectivity index (χ4v) is 3.85. The number of alkyl halides is 2. The Morgan fingerprint density at radius 2 is 1.70 bits per heavy atom. The van der Waals surface area contributed by atoms with E-state index in [1.165, 1.54) is 0 Å². The van der Waals surface area contributed by atoms with Crippen LogP contribution >= 0.6 is 15.9 Å². The van der Waals surface area contributed by atoms with Crippen molar-refractivity contribution in [3.8, 4) is 22.4 Å². The lowest BCUT2D eigenvalue weighted by molar-refractivity contribution is 0.113. The Balaban J connectivity index is 2.30. The molecule has 0 aliphatic rings. The van der Waals surface area contributed by atoms with E-state index in [2.05, 4.69) is 21.1 Å². The molecule has 4 nitrogen and oxygen atoms in total. The van der Waals surface area contributed by atoms with Crippen molar-refractivity contribution >= 4 is 25.8 Å². The number of hydrogen-bond acceptors (Lipinski definition) is 4. The van der Waals surface area contributed by atoms with Crippen molar-refractivity contribution < 1.29 is 30.5 Å². The first-order valence-electron chi connectivity index (χ1n) is 7.32. The Morgan fingerprint density at radius 3 is 2.22 bits per heavy atom. The smallest absolute Gasteiger partial charge is 0.298 e. The molecule has 10 heteroatoms. The molecule has 27 heavy (non-hydrogen) atoms. The molecule has 0 atom stereocenters. The first-order chi connectivity index (χ1) is 12.6. The molecule has 0 saturated heterocycles. The highest BCUT2D eigenvalue weighted by molar-refractivity contribution is 9.10. The van der Waals surface area contributed by atoms with Crippen LogP contribution in [0.5, 0.6) is 0 Å². The van der Waals surface area contributed by atoms with Gasteiger partial charge in [-0.1, -0.05) is 33.2 Å². The third-order valence-electron chi connectivity index (χ3n) is 3.67. The number of rotatable bonds is 4. The van der Waals surface area contributed by atoms with E-state index in [0.29, 0.717) is 28.4 Å². The predicted octanol–water partition coefficient (Wildman–Crippen LogP) is 5.39. The van der Waals surface area contributed by atoms with Gasteiger partial charge in [-0.2, -0.15) is 0 Å². The molecule has 1 aromatic heterocycles. The Bertz CT molecular complexity index is 1110. The molecular weight excluding hydrogens is 454 g/mol. The van der Waals surface area contributed by atoms with Gasteiger partial charge in [0.2, 0.25) is 5.76 Å². The molecule has 3 aromatic rings. The maximum absolute atomic E-state index is 14.3. The molecule has 0 aliphatic carbocycles. The van der Waals surface area contributed by atoms with E-state index in [0.717, 1.165) is 0 Å². The number of nitrogens with zero attached hydrogens (tertiary/aromatic N) is 1. The fourth-order valence-electron chi connectivity index (χ4n) is 2.62. The molecule has 0 fully saturated rings. The number of hydrogen-bond donors (Lipinski definition) is 0. The monoisotopic (exact) mass is 463 g/mol. The first kappa shape index (κ1) is 19.6. The Morgan fingerprint density at radius 1 is 1.07 bits per heavy atom. The van der Waals surface area contributed by atoms with Crippen LogP contribution in [-0.4, -0.2) is 19.8 Å². The second kappa shape index (κ2) is 7.08. The van der Waals surface area contributed by atoms with Gasteiger partial charge in [0.25, 0.3) is 6.43 Å². The Kier molecular flexibility index (Phi) is 5.13. The molecule has 3 rings (SSSR count). The van der Waals surface area contributed by atoms with E-state index in [1.54, 1.807) is 24.3 Å². The van der Waals surface area contributed by atoms with Crippen LogP contribution in [0.3, 0.4) is 0 Å². The van der Waals surface area contributed by atoms with Crippen LogP contribution in [-0.2, 0) is 9.84 Å². The predicted molar refractivity (Wildman–Crippen MR) is 93.1 cm³/mol. The highest BCUT2D eigenvalue weighted by Gasteiger charge is 2.28. The molecule has 0 spiro atoms. The lowest BCUT2D eigenvalue weighted by Gasteiger charge is -2.08. The number of benzene rings is 2. The number of halogens is 5. The zero-order chi connectivity index (χ0) is 19.9. The van der Waals surface area contributed by atoms with Crippen molar-refractivity contribution in [2.45, 2.75) is 11.3 Å². The van der Waals surface area contributed by atoms with Gasteiger partial charge < -0.3 is 4.52 Å². The third kappa shape index (κ3) is 3.77. The third-order valence-corrected chi connectivity index (χ3v) is 5.30. The maximum Gasteiger partial charge on any atom is 0.298 e. The fraction of sp³-hybridized carbons (Fsp3) is 0.118. The summed E-state index contributed by atoms with van der Waals surface area (Å²) in [6.07, 6.45) is -2.46. The summed E-state index contributed by atoms with van der Waals surface area (Å²) in [5, 5.41) is 3.62. The topological polar surface area (TPSA) is 60.2 Å². The van der Waals surface area contributed by atoms with Crippen LogP contribution in [0, 0.1) is 11.6 Å². The van der Waals surface area contributed by atoms with Crippen LogP contribution in [0.1, 0.15) is 12.2 Å². The van der Waals surface area contributed by atoms with Gasteiger partial charge in [0, 0.05) is 16.3 Å². The van der Waals surface area contributed by atoms with Crippen molar-refractivity contribution in [1.29, 1.82) is 0 Å². The van der Waals surface area contributed by atoms with Crippen molar-refractivity contribution in [3.63, 3.8) is 0 Å². The average molecular weight is 464 g/mol. The lowest BCUT2D eigenvalue weighted by atomic mass is 9.99. The average Bonchev–Trinajstić information content (AvgIpc) is 2.98. The summed E-state index contributed by atoms with van der Waals surface area (Å²) in [7, 11) is -4.19. The zero-order valence-corrected chi connectivity index (χ0v) is 15.9. The molecule has 142 valence electrons. The Labute approximate surface area is 159 Å².